The summed E-state index contributed by atoms with van der Waals surface area (Å²) >= 11 is 0. The molecule has 0 radical (unpaired) electrons. The van der Waals surface area contributed by atoms with Gasteiger partial charge in [-0.1, -0.05) is 36.4 Å². The molecular formula is C27H25N5O. The third-order valence-corrected chi connectivity index (χ3v) is 5.52. The first kappa shape index (κ1) is 20.8. The second kappa shape index (κ2) is 9.20. The number of aryl methyl sites for hydroxylation is 2. The fraction of sp³-hybridized carbons (Fsp3) is 0.185. The van der Waals surface area contributed by atoms with Crippen LogP contribution in [0.5, 0.6) is 0 Å². The molecule has 6 heteroatoms. The summed E-state index contributed by atoms with van der Waals surface area (Å²) in [5.74, 6) is 3.05. The van der Waals surface area contributed by atoms with Crippen molar-refractivity contribution in [1.82, 2.24) is 15.0 Å². The summed E-state index contributed by atoms with van der Waals surface area (Å²) in [6, 6.07) is 18.1. The highest BCUT2D eigenvalue weighted by Gasteiger charge is 2.16. The number of oxazole rings is 1. The van der Waals surface area contributed by atoms with Crippen LogP contribution in [0.4, 0.5) is 11.5 Å². The standard InChI is InChI=1S/C27H25N5O/c1-18-24(32-27(33-18)21-9-4-3-5-10-21)14-13-20-8-6-11-22(16-20)31-25-12-7-15-28-26-23(25)17-29-19(2)30-26/h3-6,8-11,13-14,16-17H,7,12,15H2,1-2H3,(H,28,29,30)/b14-13+,31-25?. The molecule has 2 aromatic heterocycles. The fourth-order valence-electron chi connectivity index (χ4n) is 3.83. The molecule has 1 aliphatic rings. The van der Waals surface area contributed by atoms with E-state index in [9.17, 15) is 0 Å². The Balaban J connectivity index is 1.41. The van der Waals surface area contributed by atoms with Crippen LogP contribution < -0.4 is 5.32 Å². The number of nitrogens with zero attached hydrogens (tertiary/aromatic N) is 4. The zero-order valence-electron chi connectivity index (χ0n) is 18.7. The number of aromatic nitrogens is 3. The topological polar surface area (TPSA) is 76.2 Å². The predicted octanol–water partition coefficient (Wildman–Crippen LogP) is 6.25. The predicted molar refractivity (Wildman–Crippen MR) is 133 cm³/mol. The maximum absolute atomic E-state index is 5.86. The summed E-state index contributed by atoms with van der Waals surface area (Å²) < 4.78 is 5.86. The molecule has 1 aliphatic heterocycles. The highest BCUT2D eigenvalue weighted by atomic mass is 16.4. The maximum Gasteiger partial charge on any atom is 0.226 e. The Morgan fingerprint density at radius 3 is 2.76 bits per heavy atom. The van der Waals surface area contributed by atoms with Crippen LogP contribution in [0, 0.1) is 13.8 Å². The molecule has 5 rings (SSSR count). The van der Waals surface area contributed by atoms with Crippen LogP contribution in [0.25, 0.3) is 23.6 Å². The molecule has 0 unspecified atom stereocenters. The molecule has 0 aliphatic carbocycles. The first-order valence-electron chi connectivity index (χ1n) is 11.1. The number of anilines is 1. The molecule has 1 N–H and O–H groups in total. The molecule has 0 atom stereocenters. The van der Waals surface area contributed by atoms with Crippen LogP contribution >= 0.6 is 0 Å². The Bertz CT molecular complexity index is 1340. The molecule has 0 saturated heterocycles. The van der Waals surface area contributed by atoms with E-state index in [1.54, 1.807) is 0 Å². The second-order valence-electron chi connectivity index (χ2n) is 8.02. The number of nitrogens with one attached hydrogen (secondary N) is 1. The third-order valence-electron chi connectivity index (χ3n) is 5.52. The van der Waals surface area contributed by atoms with Crippen molar-refractivity contribution >= 4 is 29.4 Å². The minimum absolute atomic E-state index is 0.631. The van der Waals surface area contributed by atoms with Gasteiger partial charge in [-0.25, -0.2) is 15.0 Å². The number of fused-ring (bicyclic) bond motifs is 1. The van der Waals surface area contributed by atoms with Crippen LogP contribution in [-0.4, -0.2) is 27.2 Å². The van der Waals surface area contributed by atoms with E-state index >= 15 is 0 Å². The summed E-state index contributed by atoms with van der Waals surface area (Å²) in [4.78, 5) is 18.5. The van der Waals surface area contributed by atoms with E-state index in [2.05, 4.69) is 32.4 Å². The Morgan fingerprint density at radius 2 is 1.88 bits per heavy atom. The smallest absolute Gasteiger partial charge is 0.226 e. The van der Waals surface area contributed by atoms with E-state index in [-0.39, 0.29) is 0 Å². The molecule has 33 heavy (non-hydrogen) atoms. The van der Waals surface area contributed by atoms with Gasteiger partial charge in [0.15, 0.2) is 0 Å². The van der Waals surface area contributed by atoms with Crippen molar-refractivity contribution in [3.63, 3.8) is 0 Å². The van der Waals surface area contributed by atoms with Crippen LogP contribution in [0.1, 0.15) is 41.2 Å². The van der Waals surface area contributed by atoms with Crippen molar-refractivity contribution in [2.24, 2.45) is 4.99 Å². The van der Waals surface area contributed by atoms with Crippen molar-refractivity contribution in [3.05, 3.63) is 89.2 Å². The van der Waals surface area contributed by atoms with Gasteiger partial charge in [-0.15, -0.1) is 0 Å². The third kappa shape index (κ3) is 4.75. The fourth-order valence-corrected chi connectivity index (χ4v) is 3.83. The van der Waals surface area contributed by atoms with E-state index in [4.69, 9.17) is 9.41 Å². The molecule has 4 aromatic rings. The van der Waals surface area contributed by atoms with Gasteiger partial charge in [0.2, 0.25) is 5.89 Å². The Kier molecular flexibility index (Phi) is 5.81. The van der Waals surface area contributed by atoms with E-state index in [1.165, 1.54) is 0 Å². The van der Waals surface area contributed by atoms with Crippen molar-refractivity contribution in [1.29, 1.82) is 0 Å². The molecule has 2 aromatic carbocycles. The van der Waals surface area contributed by atoms with Crippen molar-refractivity contribution < 1.29 is 4.42 Å². The Morgan fingerprint density at radius 1 is 1.00 bits per heavy atom. The van der Waals surface area contributed by atoms with E-state index in [0.717, 1.165) is 70.6 Å². The highest BCUT2D eigenvalue weighted by Crippen LogP contribution is 2.25. The van der Waals surface area contributed by atoms with E-state index in [1.807, 2.05) is 74.7 Å². The molecule has 164 valence electrons. The van der Waals surface area contributed by atoms with Crippen molar-refractivity contribution in [3.8, 4) is 11.5 Å². The summed E-state index contributed by atoms with van der Waals surface area (Å²) in [6.45, 7) is 4.72. The number of rotatable bonds is 4. The lowest BCUT2D eigenvalue weighted by atomic mass is 10.1. The maximum atomic E-state index is 5.86. The first-order chi connectivity index (χ1) is 16.2. The molecular weight excluding hydrogens is 410 g/mol. The molecule has 0 amide bonds. The first-order valence-corrected chi connectivity index (χ1v) is 11.1. The molecule has 0 fully saturated rings. The molecule has 0 bridgehead atoms. The quantitative estimate of drug-likeness (QED) is 0.410. The van der Waals surface area contributed by atoms with Gasteiger partial charge in [0.1, 0.15) is 23.1 Å². The molecule has 6 nitrogen and oxygen atoms in total. The average Bonchev–Trinajstić information content (AvgIpc) is 3.10. The summed E-state index contributed by atoms with van der Waals surface area (Å²) in [5.41, 5.74) is 5.73. The largest absolute Gasteiger partial charge is 0.441 e. The van der Waals surface area contributed by atoms with Gasteiger partial charge in [-0.3, -0.25) is 4.99 Å². The number of hydrogen-bond donors (Lipinski definition) is 1. The van der Waals surface area contributed by atoms with Crippen LogP contribution in [0.15, 0.2) is 70.2 Å². The monoisotopic (exact) mass is 435 g/mol. The zero-order chi connectivity index (χ0) is 22.6. The van der Waals surface area contributed by atoms with Crippen LogP contribution in [-0.2, 0) is 0 Å². The second-order valence-corrected chi connectivity index (χ2v) is 8.02. The summed E-state index contributed by atoms with van der Waals surface area (Å²) in [5, 5.41) is 3.39. The lowest BCUT2D eigenvalue weighted by Gasteiger charge is -2.08. The van der Waals surface area contributed by atoms with Gasteiger partial charge in [-0.2, -0.15) is 0 Å². The van der Waals surface area contributed by atoms with Gasteiger partial charge in [0, 0.05) is 18.3 Å². The zero-order valence-corrected chi connectivity index (χ0v) is 18.7. The lowest BCUT2D eigenvalue weighted by Crippen LogP contribution is -2.06. The number of hydrogen-bond acceptors (Lipinski definition) is 6. The Hall–Kier alpha value is -4.06. The van der Waals surface area contributed by atoms with E-state index < -0.39 is 0 Å². The molecule has 0 saturated carbocycles. The van der Waals surface area contributed by atoms with Gasteiger partial charge in [0.05, 0.1) is 17.0 Å². The number of benzene rings is 2. The lowest BCUT2D eigenvalue weighted by molar-refractivity contribution is 0.542. The average molecular weight is 436 g/mol. The van der Waals surface area contributed by atoms with Crippen molar-refractivity contribution in [2.75, 3.05) is 11.9 Å². The van der Waals surface area contributed by atoms with E-state index in [0.29, 0.717) is 5.89 Å². The summed E-state index contributed by atoms with van der Waals surface area (Å²) in [6.07, 6.45) is 7.78. The van der Waals surface area contributed by atoms with Gasteiger partial charge in [0.25, 0.3) is 0 Å². The molecule has 3 heterocycles. The minimum Gasteiger partial charge on any atom is -0.441 e. The van der Waals surface area contributed by atoms with Crippen LogP contribution in [0.3, 0.4) is 0 Å². The minimum atomic E-state index is 0.631. The van der Waals surface area contributed by atoms with Crippen molar-refractivity contribution in [2.45, 2.75) is 26.7 Å². The highest BCUT2D eigenvalue weighted by molar-refractivity contribution is 6.05. The summed E-state index contributed by atoms with van der Waals surface area (Å²) in [7, 11) is 0. The van der Waals surface area contributed by atoms with Gasteiger partial charge < -0.3 is 9.73 Å². The number of aliphatic imine (C=N–C) groups is 1. The van der Waals surface area contributed by atoms with Gasteiger partial charge in [-0.05, 0) is 62.6 Å². The van der Waals surface area contributed by atoms with Crippen LogP contribution in [0.2, 0.25) is 0 Å². The SMILES string of the molecule is Cc1ncc2c(n1)NCCCC2=Nc1cccc(/C=C/c2nc(-c3ccccc3)oc2C)c1. The normalized spacial score (nSPS) is 14.8. The Labute approximate surface area is 193 Å². The molecule has 0 spiro atoms. The van der Waals surface area contributed by atoms with Gasteiger partial charge >= 0.3 is 0 Å².